The molecule has 4 rings (SSSR count). The average Bonchev–Trinajstić information content (AvgIpc) is 2.95. The van der Waals surface area contributed by atoms with Crippen LogP contribution in [0, 0.1) is 11.8 Å². The van der Waals surface area contributed by atoms with E-state index in [0.717, 1.165) is 25.0 Å². The third-order valence-electron chi connectivity index (χ3n) is 5.44. The molecule has 2 atom stereocenters. The van der Waals surface area contributed by atoms with E-state index < -0.39 is 0 Å². The molecule has 0 saturated heterocycles. The van der Waals surface area contributed by atoms with Crippen molar-refractivity contribution in [2.24, 2.45) is 16.8 Å². The number of amides is 1. The molecule has 1 aromatic heterocycles. The van der Waals surface area contributed by atoms with Gasteiger partial charge in [-0.1, -0.05) is 19.1 Å². The van der Waals surface area contributed by atoms with E-state index >= 15 is 0 Å². The van der Waals surface area contributed by atoms with Gasteiger partial charge in [-0.15, -0.1) is 0 Å². The van der Waals surface area contributed by atoms with Gasteiger partial charge in [0.1, 0.15) is 0 Å². The van der Waals surface area contributed by atoms with Crippen LogP contribution < -0.4 is 5.32 Å². The van der Waals surface area contributed by atoms with Gasteiger partial charge in [-0.3, -0.25) is 9.79 Å². The number of fused-ring (bicyclic) bond motifs is 1. The van der Waals surface area contributed by atoms with Gasteiger partial charge in [-0.25, -0.2) is 0 Å². The summed E-state index contributed by atoms with van der Waals surface area (Å²) in [4.78, 5) is 16.4. The highest BCUT2D eigenvalue weighted by Crippen LogP contribution is 2.40. The van der Waals surface area contributed by atoms with Gasteiger partial charge in [0, 0.05) is 37.4 Å². The fourth-order valence-corrected chi connectivity index (χ4v) is 3.99. The smallest absolute Gasteiger partial charge is 0.219 e. The van der Waals surface area contributed by atoms with Gasteiger partial charge < -0.3 is 9.88 Å². The van der Waals surface area contributed by atoms with Crippen LogP contribution in [-0.2, 0) is 11.2 Å². The van der Waals surface area contributed by atoms with E-state index in [0.29, 0.717) is 18.3 Å². The van der Waals surface area contributed by atoms with Crippen molar-refractivity contribution in [1.82, 2.24) is 9.88 Å². The second-order valence-electron chi connectivity index (χ2n) is 6.81. The van der Waals surface area contributed by atoms with E-state index in [-0.39, 0.29) is 5.91 Å². The van der Waals surface area contributed by atoms with Crippen LogP contribution in [-0.4, -0.2) is 23.7 Å². The molecule has 4 nitrogen and oxygen atoms in total. The highest BCUT2D eigenvalue weighted by molar-refractivity contribution is 6.12. The third kappa shape index (κ3) is 2.37. The first-order valence-electron chi connectivity index (χ1n) is 8.77. The van der Waals surface area contributed by atoms with Gasteiger partial charge in [-0.05, 0) is 42.9 Å². The molecule has 3 aliphatic rings. The Morgan fingerprint density at radius 2 is 2.33 bits per heavy atom. The zero-order valence-corrected chi connectivity index (χ0v) is 14.2. The molecule has 1 amide bonds. The lowest BCUT2D eigenvalue weighted by Crippen LogP contribution is -2.22. The molecule has 1 aromatic rings. The number of allylic oxidation sites excluding steroid dienone is 6. The van der Waals surface area contributed by atoms with Crippen molar-refractivity contribution < 1.29 is 4.79 Å². The van der Waals surface area contributed by atoms with Crippen molar-refractivity contribution in [1.29, 1.82) is 0 Å². The average molecular weight is 321 g/mol. The predicted molar refractivity (Wildman–Crippen MR) is 97.5 cm³/mol. The summed E-state index contributed by atoms with van der Waals surface area (Å²) in [6.07, 6.45) is 14.6. The van der Waals surface area contributed by atoms with Crippen LogP contribution in [0.2, 0.25) is 0 Å². The van der Waals surface area contributed by atoms with Crippen molar-refractivity contribution in [2.75, 3.05) is 7.05 Å². The Bertz CT molecular complexity index is 807. The maximum Gasteiger partial charge on any atom is 0.219 e. The molecule has 2 heterocycles. The Morgan fingerprint density at radius 3 is 3.17 bits per heavy atom. The number of nitrogens with zero attached hydrogens (tertiary/aromatic N) is 2. The zero-order chi connectivity index (χ0) is 16.7. The number of hydrogen-bond acceptors (Lipinski definition) is 2. The molecule has 0 fully saturated rings. The Morgan fingerprint density at radius 1 is 1.46 bits per heavy atom. The third-order valence-corrected chi connectivity index (χ3v) is 5.44. The summed E-state index contributed by atoms with van der Waals surface area (Å²) < 4.78 is 2.30. The van der Waals surface area contributed by atoms with Crippen LogP contribution in [0.25, 0.3) is 11.3 Å². The van der Waals surface area contributed by atoms with Crippen molar-refractivity contribution in [3.63, 3.8) is 0 Å². The molecule has 2 unspecified atom stereocenters. The van der Waals surface area contributed by atoms with Crippen molar-refractivity contribution in [2.45, 2.75) is 32.6 Å². The molecule has 0 saturated carbocycles. The van der Waals surface area contributed by atoms with Crippen LogP contribution in [0.4, 0.5) is 0 Å². The summed E-state index contributed by atoms with van der Waals surface area (Å²) in [5.74, 6) is 0.769. The first kappa shape index (κ1) is 15.2. The first-order chi connectivity index (χ1) is 11.7. The largest absolute Gasteiger partial charge is 0.359 e. The highest BCUT2D eigenvalue weighted by atomic mass is 16.1. The molecule has 24 heavy (non-hydrogen) atoms. The van der Waals surface area contributed by atoms with Crippen molar-refractivity contribution >= 4 is 23.4 Å². The topological polar surface area (TPSA) is 46.4 Å². The van der Waals surface area contributed by atoms with E-state index in [1.807, 2.05) is 6.21 Å². The van der Waals surface area contributed by atoms with E-state index in [1.54, 1.807) is 7.05 Å². The predicted octanol–water partition coefficient (Wildman–Crippen LogP) is 3.42. The maximum atomic E-state index is 11.6. The molecule has 0 bridgehead atoms. The molecule has 1 N–H and O–H groups in total. The number of nitrogens with one attached hydrogen (secondary N) is 1. The molecule has 2 aliphatic carbocycles. The molecule has 4 heteroatoms. The van der Waals surface area contributed by atoms with Crippen molar-refractivity contribution in [3.8, 4) is 0 Å². The number of aliphatic imine (C=N–C) groups is 1. The quantitative estimate of drug-likeness (QED) is 0.911. The Labute approximate surface area is 142 Å². The van der Waals surface area contributed by atoms with Gasteiger partial charge in [0.2, 0.25) is 5.91 Å². The second kappa shape index (κ2) is 5.93. The van der Waals surface area contributed by atoms with Gasteiger partial charge in [0.15, 0.2) is 0 Å². The molecule has 1 aliphatic heterocycles. The Hall–Kier alpha value is -2.36. The summed E-state index contributed by atoms with van der Waals surface area (Å²) in [6.45, 7) is 2.23. The highest BCUT2D eigenvalue weighted by Gasteiger charge is 2.29. The van der Waals surface area contributed by atoms with Gasteiger partial charge in [-0.2, -0.15) is 0 Å². The zero-order valence-electron chi connectivity index (χ0n) is 14.2. The number of hydrogen-bond donors (Lipinski definition) is 1. The minimum absolute atomic E-state index is 0.105. The molecule has 0 aromatic carbocycles. The number of carbonyl (C=O) groups is 1. The summed E-state index contributed by atoms with van der Waals surface area (Å²) >= 11 is 0. The number of aryl methyl sites for hydroxylation is 1. The standard InChI is InChI=1S/C20H23N3O/c1-13-14(7-9-18(24)21-2)6-8-17-19(13)22-12-16-5-3-4-15-10-11-23(17)20(15)16/h5-6,8,10-14H,3-4,7,9H2,1-2H3,(H,21,24). The maximum absolute atomic E-state index is 11.6. The molecule has 0 radical (unpaired) electrons. The fourth-order valence-electron chi connectivity index (χ4n) is 3.99. The lowest BCUT2D eigenvalue weighted by molar-refractivity contribution is -0.120. The van der Waals surface area contributed by atoms with Crippen LogP contribution in [0.15, 0.2) is 41.2 Å². The summed E-state index contributed by atoms with van der Waals surface area (Å²) in [5, 5.41) is 2.71. The van der Waals surface area contributed by atoms with Crippen molar-refractivity contribution in [3.05, 3.63) is 47.4 Å². The van der Waals surface area contributed by atoms with Crippen LogP contribution >= 0.6 is 0 Å². The van der Waals surface area contributed by atoms with E-state index in [1.165, 1.54) is 22.5 Å². The summed E-state index contributed by atoms with van der Waals surface area (Å²) in [6, 6.07) is 2.24. The molecule has 124 valence electrons. The minimum atomic E-state index is 0.105. The van der Waals surface area contributed by atoms with Crippen LogP contribution in [0.3, 0.4) is 0 Å². The van der Waals surface area contributed by atoms with Gasteiger partial charge in [0.05, 0.1) is 17.1 Å². The number of rotatable bonds is 3. The Kier molecular flexibility index (Phi) is 3.75. The SMILES string of the molecule is CNC(=O)CCC1C=CC2=C(N=CC3=CCCc4ccn2c43)C1C. The minimum Gasteiger partial charge on any atom is -0.359 e. The molecule has 0 spiro atoms. The van der Waals surface area contributed by atoms with E-state index in [9.17, 15) is 4.79 Å². The molecular formula is C20H23N3O. The van der Waals surface area contributed by atoms with E-state index in [4.69, 9.17) is 4.99 Å². The molecular weight excluding hydrogens is 298 g/mol. The lowest BCUT2D eigenvalue weighted by atomic mass is 9.83. The number of aromatic nitrogens is 1. The first-order valence-corrected chi connectivity index (χ1v) is 8.77. The monoisotopic (exact) mass is 321 g/mol. The van der Waals surface area contributed by atoms with Crippen LogP contribution in [0.1, 0.15) is 37.4 Å². The van der Waals surface area contributed by atoms with Gasteiger partial charge in [0.25, 0.3) is 0 Å². The summed E-state index contributed by atoms with van der Waals surface area (Å²) in [7, 11) is 1.69. The second-order valence-corrected chi connectivity index (χ2v) is 6.81. The number of carbonyl (C=O) groups excluding carboxylic acids is 1. The normalized spacial score (nSPS) is 24.2. The lowest BCUT2D eigenvalue weighted by Gasteiger charge is -2.27. The fraction of sp³-hybridized carbons (Fsp3) is 0.400. The summed E-state index contributed by atoms with van der Waals surface area (Å²) in [5.41, 5.74) is 6.26. The van der Waals surface area contributed by atoms with E-state index in [2.05, 4.69) is 47.3 Å². The van der Waals surface area contributed by atoms with Crippen LogP contribution in [0.5, 0.6) is 0 Å². The Balaban J connectivity index is 1.68. The van der Waals surface area contributed by atoms with Gasteiger partial charge >= 0.3 is 0 Å².